The number of hydrogen-bond acceptors (Lipinski definition) is 0. The van der Waals surface area contributed by atoms with Crippen LogP contribution < -0.4 is 10.4 Å². The van der Waals surface area contributed by atoms with Crippen LogP contribution >= 0.6 is 17.0 Å². The molecule has 58 heavy (non-hydrogen) atoms. The van der Waals surface area contributed by atoms with Crippen LogP contribution in [0.5, 0.6) is 0 Å². The smallest absolute Gasteiger partial charge is 0.0920 e. The van der Waals surface area contributed by atoms with Crippen molar-refractivity contribution in [3.05, 3.63) is 180 Å². The summed E-state index contributed by atoms with van der Waals surface area (Å²) in [4.78, 5) is 0. The summed E-state index contributed by atoms with van der Waals surface area (Å²) >= 11 is -0.826. The first-order valence-corrected chi connectivity index (χ1v) is 27.6. The van der Waals surface area contributed by atoms with Crippen molar-refractivity contribution in [1.29, 1.82) is 0 Å². The van der Waals surface area contributed by atoms with Gasteiger partial charge in [-0.3, -0.25) is 0 Å². The van der Waals surface area contributed by atoms with E-state index in [0.29, 0.717) is 0 Å². The monoisotopic (exact) mass is 889 g/mol. The van der Waals surface area contributed by atoms with E-state index in [-0.39, 0.29) is 10.8 Å². The Morgan fingerprint density at radius 2 is 0.983 bits per heavy atom. The van der Waals surface area contributed by atoms with Gasteiger partial charge in [0.25, 0.3) is 0 Å². The zero-order valence-corrected chi connectivity index (χ0v) is 40.1. The Hall–Kier alpha value is -3.78. The summed E-state index contributed by atoms with van der Waals surface area (Å²) in [5, 5.41) is 8.33. The fourth-order valence-corrected chi connectivity index (χ4v) is 9.21. The molecule has 0 atom stereocenters. The molecule has 0 aromatic heterocycles. The van der Waals surface area contributed by atoms with Crippen molar-refractivity contribution < 1.29 is 20.8 Å². The zero-order valence-electron chi connectivity index (χ0n) is 35.1. The van der Waals surface area contributed by atoms with E-state index in [4.69, 9.17) is 17.0 Å². The van der Waals surface area contributed by atoms with E-state index in [9.17, 15) is 0 Å². The number of rotatable bonds is 4. The summed E-state index contributed by atoms with van der Waals surface area (Å²) in [6.45, 7) is 18.2. The quantitative estimate of drug-likeness (QED) is 0.122. The third kappa shape index (κ3) is 10.1. The summed E-state index contributed by atoms with van der Waals surface area (Å²) in [5.74, 6) is 0. The Morgan fingerprint density at radius 3 is 1.43 bits per heavy atom. The van der Waals surface area contributed by atoms with Crippen LogP contribution in [-0.4, -0.2) is 9.52 Å². The van der Waals surface area contributed by atoms with Crippen LogP contribution in [-0.2, 0) is 44.5 Å². The fourth-order valence-electron chi connectivity index (χ4n) is 7.90. The second kappa shape index (κ2) is 19.5. The first-order valence-electron chi connectivity index (χ1n) is 20.3. The molecule has 8 aromatic rings. The van der Waals surface area contributed by atoms with Gasteiger partial charge in [-0.05, 0) is 34.8 Å². The summed E-state index contributed by atoms with van der Waals surface area (Å²) in [6.07, 6.45) is 2.18. The Balaban J connectivity index is 0.000000145. The van der Waals surface area contributed by atoms with Gasteiger partial charge in [-0.25, -0.2) is 0 Å². The number of fused-ring (bicyclic) bond motifs is 5. The van der Waals surface area contributed by atoms with Crippen LogP contribution in [0.2, 0.25) is 0 Å². The van der Waals surface area contributed by atoms with E-state index in [1.54, 1.807) is 0 Å². The molecule has 1 heterocycles. The van der Waals surface area contributed by atoms with Gasteiger partial charge in [-0.2, -0.15) is 41.6 Å². The molecule has 9 rings (SSSR count). The summed E-state index contributed by atoms with van der Waals surface area (Å²) < 4.78 is 0. The predicted molar refractivity (Wildman–Crippen MR) is 254 cm³/mol. The molecule has 0 N–H and O–H groups in total. The van der Waals surface area contributed by atoms with Crippen molar-refractivity contribution in [3.63, 3.8) is 0 Å². The van der Waals surface area contributed by atoms with Crippen LogP contribution in [0, 0.1) is 6.07 Å². The molecule has 0 saturated heterocycles. The summed E-state index contributed by atoms with van der Waals surface area (Å²) in [5.41, 5.74) is 14.2. The zero-order chi connectivity index (χ0) is 41.5. The fraction of sp³-hybridized carbons (Fsp3) is 0.222. The maximum atomic E-state index is 4.93. The number of aryl methyl sites for hydroxylation is 2. The first kappa shape index (κ1) is 43.8. The standard InChI is InChI=1S/2C21H23.C12H7Si.2ClH.Zr/c2*1-5-15-13-17-11-12-19(21(2,3)4)20(18(17)14-15)16-9-7-6-8-10-16;1-3-7-11-9(5-1)10-6-2-4-8-12(10)13-11;;;/h2*6-14H,5H2,1-4H3;1-7H;2*1H;/q3*-1;;;+2/p-2. The molecule has 8 aromatic carbocycles. The van der Waals surface area contributed by atoms with Crippen molar-refractivity contribution in [3.8, 4) is 33.4 Å². The van der Waals surface area contributed by atoms with Gasteiger partial charge in [0.05, 0.1) is 9.52 Å². The van der Waals surface area contributed by atoms with Crippen LogP contribution in [0.1, 0.15) is 77.6 Å². The van der Waals surface area contributed by atoms with E-state index in [0.717, 1.165) is 22.4 Å². The minimum absolute atomic E-state index is 0.142. The van der Waals surface area contributed by atoms with E-state index in [1.807, 2.05) is 6.07 Å². The minimum Gasteiger partial charge on any atom is -0.184 e. The molecule has 0 bridgehead atoms. The Kier molecular flexibility index (Phi) is 14.7. The van der Waals surface area contributed by atoms with Gasteiger partial charge in [-0.15, -0.1) is 74.6 Å². The minimum atomic E-state index is -0.826. The van der Waals surface area contributed by atoms with Crippen molar-refractivity contribution >= 4 is 58.5 Å². The van der Waals surface area contributed by atoms with Crippen LogP contribution in [0.15, 0.2) is 152 Å². The molecular weight excluding hydrogens is 839 g/mol. The molecule has 0 unspecified atom stereocenters. The molecular formula is C54H53Cl2SiZr-3. The normalized spacial score (nSPS) is 11.7. The van der Waals surface area contributed by atoms with Gasteiger partial charge < -0.3 is 0 Å². The maximum absolute atomic E-state index is 4.93. The molecule has 294 valence electrons. The predicted octanol–water partition coefficient (Wildman–Crippen LogP) is 14.7. The van der Waals surface area contributed by atoms with Gasteiger partial charge in [-0.1, -0.05) is 173 Å². The van der Waals surface area contributed by atoms with Crippen molar-refractivity contribution in [1.82, 2.24) is 0 Å². The average molecular weight is 892 g/mol. The van der Waals surface area contributed by atoms with E-state index < -0.39 is 20.8 Å². The number of benzene rings is 6. The SMILES string of the molecule is CCc1cc2c(-c3ccccc3)c(C(C)(C)C)ccc2[cH-]1.CCc1cc2c(-c3ccccc3)c(C(C)(C)C)ccc2[cH-]1.[Cl][Zr][Cl].[c-]1cccc2c1[Si]c1ccccc1-2. The maximum Gasteiger partial charge on any atom is 0.0920 e. The van der Waals surface area contributed by atoms with Gasteiger partial charge in [0.1, 0.15) is 0 Å². The van der Waals surface area contributed by atoms with Gasteiger partial charge in [0.2, 0.25) is 0 Å². The van der Waals surface area contributed by atoms with Crippen molar-refractivity contribution in [2.45, 2.75) is 79.1 Å². The van der Waals surface area contributed by atoms with Crippen molar-refractivity contribution in [2.75, 3.05) is 0 Å². The van der Waals surface area contributed by atoms with Crippen LogP contribution in [0.3, 0.4) is 0 Å². The van der Waals surface area contributed by atoms with Gasteiger partial charge >= 0.3 is 37.9 Å². The topological polar surface area (TPSA) is 0 Å². The second-order valence-corrected chi connectivity index (χ2v) is 21.9. The number of hydrogen-bond donors (Lipinski definition) is 0. The summed E-state index contributed by atoms with van der Waals surface area (Å²) in [7, 11) is 10.7. The first-order chi connectivity index (χ1) is 27.9. The van der Waals surface area contributed by atoms with E-state index in [1.165, 1.54) is 87.6 Å². The summed E-state index contributed by atoms with van der Waals surface area (Å²) in [6, 6.07) is 58.3. The Morgan fingerprint density at radius 1 is 0.552 bits per heavy atom. The molecule has 1 aliphatic heterocycles. The molecule has 0 amide bonds. The Bertz CT molecular complexity index is 2390. The molecule has 0 nitrogen and oxygen atoms in total. The van der Waals surface area contributed by atoms with E-state index in [2.05, 4.69) is 207 Å². The molecule has 0 spiro atoms. The van der Waals surface area contributed by atoms with Crippen LogP contribution in [0.4, 0.5) is 0 Å². The average Bonchev–Trinajstić information content (AvgIpc) is 3.96. The van der Waals surface area contributed by atoms with E-state index >= 15 is 0 Å². The van der Waals surface area contributed by atoms with Gasteiger partial charge in [0.15, 0.2) is 0 Å². The van der Waals surface area contributed by atoms with Gasteiger partial charge in [0, 0.05) is 0 Å². The largest absolute Gasteiger partial charge is 0.184 e. The Labute approximate surface area is 368 Å². The molecule has 0 saturated carbocycles. The third-order valence-corrected chi connectivity index (χ3v) is 12.2. The molecule has 1 aliphatic rings. The third-order valence-electron chi connectivity index (χ3n) is 10.8. The van der Waals surface area contributed by atoms with Crippen molar-refractivity contribution in [2.24, 2.45) is 0 Å². The molecule has 4 heteroatoms. The second-order valence-electron chi connectivity index (χ2n) is 16.8. The molecule has 2 radical (unpaired) electrons. The molecule has 0 aliphatic carbocycles. The molecule has 0 fully saturated rings. The number of halogens is 2. The van der Waals surface area contributed by atoms with Crippen LogP contribution in [0.25, 0.3) is 54.9 Å².